The van der Waals surface area contributed by atoms with E-state index in [0.717, 1.165) is 12.1 Å². The van der Waals surface area contributed by atoms with E-state index < -0.39 is 10.0 Å². The minimum absolute atomic E-state index is 0.170. The van der Waals surface area contributed by atoms with E-state index >= 15 is 0 Å². The molecule has 0 saturated carbocycles. The smallest absolute Gasteiger partial charge is 0.210 e. The molecule has 22 heavy (non-hydrogen) atoms. The van der Waals surface area contributed by atoms with Crippen molar-refractivity contribution in [3.05, 3.63) is 50.4 Å². The number of hydrogen-bond acceptors (Lipinski definition) is 3. The van der Waals surface area contributed by atoms with Crippen molar-refractivity contribution in [2.75, 3.05) is 0 Å². The van der Waals surface area contributed by atoms with Gasteiger partial charge < -0.3 is 0 Å². The van der Waals surface area contributed by atoms with Crippen LogP contribution in [-0.2, 0) is 14.8 Å². The van der Waals surface area contributed by atoms with E-state index in [1.807, 2.05) is 0 Å². The fourth-order valence-electron chi connectivity index (χ4n) is 1.77. The lowest BCUT2D eigenvalue weighted by Crippen LogP contribution is -1.99. The van der Waals surface area contributed by atoms with E-state index in [1.165, 1.54) is 18.2 Å². The lowest BCUT2D eigenvalue weighted by atomic mass is 10.1. The van der Waals surface area contributed by atoms with Gasteiger partial charge in [-0.15, -0.1) is 0 Å². The Bertz CT molecular complexity index is 906. The van der Waals surface area contributed by atoms with E-state index in [0.29, 0.717) is 10.6 Å². The van der Waals surface area contributed by atoms with Crippen LogP contribution < -0.4 is 0 Å². The van der Waals surface area contributed by atoms with Crippen molar-refractivity contribution < 1.29 is 13.2 Å². The largest absolute Gasteiger partial charge is 0.294 e. The van der Waals surface area contributed by atoms with Gasteiger partial charge in [-0.3, -0.25) is 0 Å². The van der Waals surface area contributed by atoms with Crippen LogP contribution in [0, 0.1) is 0 Å². The Labute approximate surface area is 146 Å². The fraction of sp³-hybridized carbons (Fsp3) is 0. The molecule has 0 aromatic heterocycles. The number of hydrogen-bond donors (Lipinski definition) is 0. The molecule has 0 aliphatic heterocycles. The molecule has 2 rings (SSSR count). The monoisotopic (exact) mass is 395 g/mol. The third kappa shape index (κ3) is 3.30. The molecule has 0 spiro atoms. The Morgan fingerprint density at radius 1 is 0.955 bits per heavy atom. The summed E-state index contributed by atoms with van der Waals surface area (Å²) in [5, 5.41) is 0.603. The molecule has 4 nitrogen and oxygen atoms in total. The molecule has 0 N–H and O–H groups in total. The Morgan fingerprint density at radius 3 is 2.23 bits per heavy atom. The van der Waals surface area contributed by atoms with Gasteiger partial charge in [0.1, 0.15) is 4.90 Å². The van der Waals surface area contributed by atoms with Gasteiger partial charge in [0.2, 0.25) is 0 Å². The second-order valence-corrected chi connectivity index (χ2v) is 7.22. The van der Waals surface area contributed by atoms with Crippen LogP contribution in [0.5, 0.6) is 0 Å². The van der Waals surface area contributed by atoms with E-state index in [-0.39, 0.29) is 25.5 Å². The second-order valence-electron chi connectivity index (χ2n) is 4.02. The number of isocyanates is 1. The third-order valence-electron chi connectivity index (χ3n) is 2.69. The molecule has 0 radical (unpaired) electrons. The topological polar surface area (TPSA) is 63.6 Å². The average molecular weight is 397 g/mol. The van der Waals surface area contributed by atoms with Crippen LogP contribution in [-0.4, -0.2) is 14.5 Å². The van der Waals surface area contributed by atoms with E-state index in [2.05, 4.69) is 4.40 Å². The van der Waals surface area contributed by atoms with Crippen LogP contribution in [0.15, 0.2) is 39.6 Å². The molecule has 0 aliphatic rings. The first-order valence-electron chi connectivity index (χ1n) is 5.55. The zero-order valence-corrected chi connectivity index (χ0v) is 14.3. The molecular formula is C13H5Cl4NO3S. The van der Waals surface area contributed by atoms with Crippen molar-refractivity contribution in [2.45, 2.75) is 4.90 Å². The molecule has 0 amide bonds. The van der Waals surface area contributed by atoms with Crippen molar-refractivity contribution >= 4 is 62.5 Å². The maximum atomic E-state index is 11.9. The van der Waals surface area contributed by atoms with E-state index in [9.17, 15) is 13.2 Å². The molecule has 0 aliphatic carbocycles. The highest BCUT2D eigenvalue weighted by Gasteiger charge is 2.23. The zero-order valence-electron chi connectivity index (χ0n) is 10.5. The van der Waals surface area contributed by atoms with Gasteiger partial charge in [-0.1, -0.05) is 50.8 Å². The first-order chi connectivity index (χ1) is 10.3. The highest BCUT2D eigenvalue weighted by molar-refractivity contribution is 7.90. The molecule has 2 aromatic carbocycles. The number of sulfonamides is 1. The van der Waals surface area contributed by atoms with Crippen molar-refractivity contribution in [3.63, 3.8) is 0 Å². The second kappa shape index (κ2) is 6.59. The summed E-state index contributed by atoms with van der Waals surface area (Å²) >= 11 is 24.2. The van der Waals surface area contributed by atoms with E-state index in [4.69, 9.17) is 46.4 Å². The van der Waals surface area contributed by atoms with Gasteiger partial charge in [0.05, 0.1) is 10.0 Å². The predicted molar refractivity (Wildman–Crippen MR) is 87.2 cm³/mol. The summed E-state index contributed by atoms with van der Waals surface area (Å²) in [6.07, 6.45) is 0.976. The molecule has 9 heteroatoms. The predicted octanol–water partition coefficient (Wildman–Crippen LogP) is 4.99. The van der Waals surface area contributed by atoms with Gasteiger partial charge >= 0.3 is 0 Å². The Morgan fingerprint density at radius 2 is 1.59 bits per heavy atom. The maximum Gasteiger partial charge on any atom is 0.294 e. The molecule has 2 aromatic rings. The first-order valence-corrected chi connectivity index (χ1v) is 8.50. The van der Waals surface area contributed by atoms with Crippen molar-refractivity contribution in [1.29, 1.82) is 0 Å². The number of carbonyl (C=O) groups excluding carboxylic acids is 1. The number of nitrogens with zero attached hydrogens (tertiary/aromatic N) is 1. The van der Waals surface area contributed by atoms with Crippen LogP contribution in [0.2, 0.25) is 20.1 Å². The van der Waals surface area contributed by atoms with Gasteiger partial charge in [-0.2, -0.15) is 8.42 Å². The minimum Gasteiger partial charge on any atom is -0.210 e. The van der Waals surface area contributed by atoms with Gasteiger partial charge in [-0.25, -0.2) is 4.79 Å². The Hall–Kier alpha value is -1.07. The van der Waals surface area contributed by atoms with Crippen LogP contribution in [0.3, 0.4) is 0 Å². The Kier molecular flexibility index (Phi) is 5.17. The summed E-state index contributed by atoms with van der Waals surface area (Å²) in [5.74, 6) is 0. The average Bonchev–Trinajstić information content (AvgIpc) is 2.42. The lowest BCUT2D eigenvalue weighted by molar-refractivity contribution is 0.563. The van der Waals surface area contributed by atoms with Gasteiger partial charge in [0.25, 0.3) is 16.1 Å². The van der Waals surface area contributed by atoms with Crippen LogP contribution in [0.1, 0.15) is 0 Å². The molecular weight excluding hydrogens is 392 g/mol. The number of rotatable bonds is 3. The van der Waals surface area contributed by atoms with E-state index in [1.54, 1.807) is 6.07 Å². The first kappa shape index (κ1) is 17.3. The van der Waals surface area contributed by atoms with Gasteiger partial charge in [0, 0.05) is 21.2 Å². The summed E-state index contributed by atoms with van der Waals surface area (Å²) in [5.41, 5.74) is 0.536. The highest BCUT2D eigenvalue weighted by atomic mass is 35.5. The van der Waals surface area contributed by atoms with Gasteiger partial charge in [0.15, 0.2) is 0 Å². The van der Waals surface area contributed by atoms with Crippen molar-refractivity contribution in [3.8, 4) is 11.1 Å². The standard InChI is InChI=1S/C13H5Cl4NO3S/c14-7-1-2-9(15)8(5-7)12-10(16)3-4-11(13(12)17)22(20,21)18-6-19/h1-5H. The quantitative estimate of drug-likeness (QED) is 0.542. The summed E-state index contributed by atoms with van der Waals surface area (Å²) in [6, 6.07) is 7.04. The fourth-order valence-corrected chi connectivity index (χ4v) is 3.78. The van der Waals surface area contributed by atoms with Crippen LogP contribution >= 0.6 is 46.4 Å². The van der Waals surface area contributed by atoms with Crippen LogP contribution in [0.25, 0.3) is 11.1 Å². The zero-order chi connectivity index (χ0) is 16.5. The molecule has 0 fully saturated rings. The molecule has 0 atom stereocenters. The molecule has 0 unspecified atom stereocenters. The SMILES string of the molecule is O=C=NS(=O)(=O)c1ccc(Cl)c(-c2cc(Cl)ccc2Cl)c1Cl. The third-order valence-corrected chi connectivity index (χ3v) is 5.28. The Balaban J connectivity index is 2.84. The summed E-state index contributed by atoms with van der Waals surface area (Å²) in [7, 11) is -4.28. The molecule has 0 bridgehead atoms. The lowest BCUT2D eigenvalue weighted by Gasteiger charge is -2.12. The van der Waals surface area contributed by atoms with Crippen LogP contribution in [0.4, 0.5) is 0 Å². The number of halogens is 4. The maximum absolute atomic E-state index is 11.9. The highest BCUT2D eigenvalue weighted by Crippen LogP contribution is 2.42. The molecule has 0 heterocycles. The summed E-state index contributed by atoms with van der Waals surface area (Å²) in [4.78, 5) is 9.87. The summed E-state index contributed by atoms with van der Waals surface area (Å²) in [6.45, 7) is 0. The number of benzene rings is 2. The van der Waals surface area contributed by atoms with Gasteiger partial charge in [-0.05, 0) is 30.3 Å². The molecule has 114 valence electrons. The van der Waals surface area contributed by atoms with Crippen molar-refractivity contribution in [1.82, 2.24) is 0 Å². The summed E-state index contributed by atoms with van der Waals surface area (Å²) < 4.78 is 26.5. The molecule has 0 saturated heterocycles. The minimum atomic E-state index is -4.28. The normalized spacial score (nSPS) is 11.1. The van der Waals surface area contributed by atoms with Crippen molar-refractivity contribution in [2.24, 2.45) is 4.40 Å².